The largest absolute Gasteiger partial charge is 0.371 e. The number of hydrogen-bond donors (Lipinski definition) is 1. The van der Waals surface area contributed by atoms with Gasteiger partial charge in [0.1, 0.15) is 5.82 Å². The minimum absolute atomic E-state index is 0.140. The van der Waals surface area contributed by atoms with E-state index in [1.165, 1.54) is 23.3 Å². The molecule has 1 aromatic heterocycles. The molecule has 0 aliphatic heterocycles. The maximum Gasteiger partial charge on any atom is 0.123 e. The lowest BCUT2D eigenvalue weighted by atomic mass is 10.1. The molecule has 0 bridgehead atoms. The quantitative estimate of drug-likeness (QED) is 0.662. The predicted molar refractivity (Wildman–Crippen MR) is 105 cm³/mol. The predicted octanol–water partition coefficient (Wildman–Crippen LogP) is 4.62. The molecular formula is C22H26FN3O. The van der Waals surface area contributed by atoms with Gasteiger partial charge in [0.15, 0.2) is 0 Å². The van der Waals surface area contributed by atoms with Crippen molar-refractivity contribution in [3.63, 3.8) is 0 Å². The number of halogens is 1. The summed E-state index contributed by atoms with van der Waals surface area (Å²) in [5, 5.41) is 7.78. The summed E-state index contributed by atoms with van der Waals surface area (Å²) in [5.41, 5.74) is 4.17. The topological polar surface area (TPSA) is 39.1 Å². The molecule has 3 rings (SSSR count). The second-order valence-electron chi connectivity index (χ2n) is 7.59. The van der Waals surface area contributed by atoms with Gasteiger partial charge in [0.05, 0.1) is 24.1 Å². The third kappa shape index (κ3) is 6.01. The smallest absolute Gasteiger partial charge is 0.123 e. The first kappa shape index (κ1) is 19.3. The van der Waals surface area contributed by atoms with Crippen molar-refractivity contribution < 1.29 is 9.13 Å². The molecule has 1 heterocycles. The lowest BCUT2D eigenvalue weighted by molar-refractivity contribution is -0.0149. The van der Waals surface area contributed by atoms with Crippen molar-refractivity contribution >= 4 is 0 Å². The van der Waals surface area contributed by atoms with Crippen LogP contribution >= 0.6 is 0 Å². The molecule has 3 aromatic rings. The van der Waals surface area contributed by atoms with Crippen molar-refractivity contribution in [2.45, 2.75) is 46.1 Å². The van der Waals surface area contributed by atoms with Crippen molar-refractivity contribution in [3.05, 3.63) is 83.4 Å². The Hall–Kier alpha value is -2.50. The van der Waals surface area contributed by atoms with Gasteiger partial charge in [-0.25, -0.2) is 9.07 Å². The molecule has 5 heteroatoms. The van der Waals surface area contributed by atoms with Gasteiger partial charge in [-0.15, -0.1) is 0 Å². The van der Waals surface area contributed by atoms with Crippen LogP contribution in [0.15, 0.2) is 60.9 Å². The van der Waals surface area contributed by atoms with Gasteiger partial charge in [0.2, 0.25) is 0 Å². The van der Waals surface area contributed by atoms with Gasteiger partial charge in [-0.1, -0.05) is 24.3 Å². The maximum atomic E-state index is 13.0. The van der Waals surface area contributed by atoms with Crippen molar-refractivity contribution in [1.82, 2.24) is 15.1 Å². The molecule has 27 heavy (non-hydrogen) atoms. The summed E-state index contributed by atoms with van der Waals surface area (Å²) in [6.07, 6.45) is 3.78. The van der Waals surface area contributed by atoms with Gasteiger partial charge in [-0.2, -0.15) is 5.10 Å². The van der Waals surface area contributed by atoms with Crippen molar-refractivity contribution in [2.24, 2.45) is 0 Å². The number of rotatable bonds is 7. The van der Waals surface area contributed by atoms with Crippen molar-refractivity contribution in [3.8, 4) is 5.69 Å². The molecule has 142 valence electrons. The Kier molecular flexibility index (Phi) is 6.04. The van der Waals surface area contributed by atoms with E-state index in [9.17, 15) is 4.39 Å². The minimum Gasteiger partial charge on any atom is -0.371 e. The Morgan fingerprint density at radius 2 is 1.70 bits per heavy atom. The lowest BCUT2D eigenvalue weighted by Gasteiger charge is -2.19. The maximum absolute atomic E-state index is 13.0. The van der Waals surface area contributed by atoms with Crippen LogP contribution in [0.4, 0.5) is 4.39 Å². The van der Waals surface area contributed by atoms with Gasteiger partial charge in [-0.3, -0.25) is 0 Å². The Morgan fingerprint density at radius 3 is 2.44 bits per heavy atom. The zero-order chi connectivity index (χ0) is 19.3. The molecule has 0 amide bonds. The SMILES string of the molecule is CC(C)(C)OCc1cccc(CNCc2cnn(-c3ccc(F)cc3)c2)c1. The lowest BCUT2D eigenvalue weighted by Crippen LogP contribution is -2.18. The van der Waals surface area contributed by atoms with E-state index in [-0.39, 0.29) is 11.4 Å². The molecule has 0 saturated carbocycles. The Labute approximate surface area is 160 Å². The first-order valence-corrected chi connectivity index (χ1v) is 9.11. The van der Waals surface area contributed by atoms with Crippen LogP contribution in [-0.4, -0.2) is 15.4 Å². The highest BCUT2D eigenvalue weighted by Gasteiger charge is 2.10. The van der Waals surface area contributed by atoms with E-state index in [1.807, 2.05) is 12.4 Å². The average molecular weight is 367 g/mol. The number of aromatic nitrogens is 2. The zero-order valence-corrected chi connectivity index (χ0v) is 16.1. The monoisotopic (exact) mass is 367 g/mol. The van der Waals surface area contributed by atoms with Crippen LogP contribution in [0, 0.1) is 5.82 Å². The van der Waals surface area contributed by atoms with Crippen LogP contribution in [0.2, 0.25) is 0 Å². The highest BCUT2D eigenvalue weighted by molar-refractivity contribution is 5.31. The molecule has 0 aliphatic carbocycles. The second-order valence-corrected chi connectivity index (χ2v) is 7.59. The molecule has 1 N–H and O–H groups in total. The Morgan fingerprint density at radius 1 is 1.00 bits per heavy atom. The van der Waals surface area contributed by atoms with E-state index in [2.05, 4.69) is 55.5 Å². The van der Waals surface area contributed by atoms with Gasteiger partial charge in [-0.05, 0) is 56.2 Å². The van der Waals surface area contributed by atoms with E-state index in [1.54, 1.807) is 16.8 Å². The highest BCUT2D eigenvalue weighted by Crippen LogP contribution is 2.13. The first-order valence-electron chi connectivity index (χ1n) is 9.11. The molecule has 0 atom stereocenters. The first-order chi connectivity index (χ1) is 12.9. The van der Waals surface area contributed by atoms with E-state index < -0.39 is 0 Å². The zero-order valence-electron chi connectivity index (χ0n) is 16.1. The fourth-order valence-corrected chi connectivity index (χ4v) is 2.67. The molecular weight excluding hydrogens is 341 g/mol. The summed E-state index contributed by atoms with van der Waals surface area (Å²) < 4.78 is 20.6. The number of ether oxygens (including phenoxy) is 1. The summed E-state index contributed by atoms with van der Waals surface area (Å²) in [7, 11) is 0. The standard InChI is InChI=1S/C22H26FN3O/c1-22(2,3)27-16-18-6-4-5-17(11-18)12-24-13-19-14-25-26(15-19)21-9-7-20(23)8-10-21/h4-11,14-15,24H,12-13,16H2,1-3H3. The summed E-state index contributed by atoms with van der Waals surface area (Å²) in [6.45, 7) is 8.27. The van der Waals surface area contributed by atoms with Crippen LogP contribution in [-0.2, 0) is 24.4 Å². The molecule has 0 spiro atoms. The number of benzene rings is 2. The second kappa shape index (κ2) is 8.46. The molecule has 2 aromatic carbocycles. The molecule has 0 unspecified atom stereocenters. The van der Waals surface area contributed by atoms with E-state index >= 15 is 0 Å². The Balaban J connectivity index is 1.52. The average Bonchev–Trinajstić information content (AvgIpc) is 3.09. The summed E-state index contributed by atoms with van der Waals surface area (Å²) in [4.78, 5) is 0. The number of nitrogens with one attached hydrogen (secondary N) is 1. The van der Waals surface area contributed by atoms with Crippen molar-refractivity contribution in [1.29, 1.82) is 0 Å². The number of hydrogen-bond acceptors (Lipinski definition) is 3. The third-order valence-electron chi connectivity index (χ3n) is 4.05. The molecule has 4 nitrogen and oxygen atoms in total. The Bertz CT molecular complexity index is 866. The van der Waals surface area contributed by atoms with Crippen LogP contribution in [0.5, 0.6) is 0 Å². The van der Waals surface area contributed by atoms with E-state index in [4.69, 9.17) is 4.74 Å². The minimum atomic E-state index is -0.247. The molecule has 0 saturated heterocycles. The van der Waals surface area contributed by atoms with Gasteiger partial charge in [0.25, 0.3) is 0 Å². The van der Waals surface area contributed by atoms with Gasteiger partial charge < -0.3 is 10.1 Å². The van der Waals surface area contributed by atoms with Crippen LogP contribution in [0.3, 0.4) is 0 Å². The van der Waals surface area contributed by atoms with Gasteiger partial charge >= 0.3 is 0 Å². The van der Waals surface area contributed by atoms with E-state index in [0.717, 1.165) is 17.8 Å². The highest BCUT2D eigenvalue weighted by atomic mass is 19.1. The molecule has 0 radical (unpaired) electrons. The van der Waals surface area contributed by atoms with Crippen LogP contribution < -0.4 is 5.32 Å². The van der Waals surface area contributed by atoms with Crippen molar-refractivity contribution in [2.75, 3.05) is 0 Å². The normalized spacial score (nSPS) is 11.7. The van der Waals surface area contributed by atoms with Crippen LogP contribution in [0.1, 0.15) is 37.5 Å². The fourth-order valence-electron chi connectivity index (χ4n) is 2.67. The molecule has 0 aliphatic rings. The third-order valence-corrected chi connectivity index (χ3v) is 4.05. The molecule has 0 fully saturated rings. The summed E-state index contributed by atoms with van der Waals surface area (Å²) in [5.74, 6) is -0.247. The van der Waals surface area contributed by atoms with Crippen LogP contribution in [0.25, 0.3) is 5.69 Å². The van der Waals surface area contributed by atoms with Gasteiger partial charge in [0, 0.05) is 24.8 Å². The van der Waals surface area contributed by atoms with E-state index in [0.29, 0.717) is 13.2 Å². The fraction of sp³-hybridized carbons (Fsp3) is 0.318. The summed E-state index contributed by atoms with van der Waals surface area (Å²) in [6, 6.07) is 14.7. The number of nitrogens with zero attached hydrogens (tertiary/aromatic N) is 2. The summed E-state index contributed by atoms with van der Waals surface area (Å²) >= 11 is 0.